The third-order valence-electron chi connectivity index (χ3n) is 4.64. The van der Waals surface area contributed by atoms with Crippen LogP contribution in [0, 0.1) is 0 Å². The van der Waals surface area contributed by atoms with Crippen molar-refractivity contribution in [2.45, 2.75) is 123 Å². The Bertz CT molecular complexity index is 266. The van der Waals surface area contributed by atoms with Crippen LogP contribution in [0.5, 0.6) is 0 Å². The summed E-state index contributed by atoms with van der Waals surface area (Å²) in [6.07, 6.45) is 19.5. The van der Waals surface area contributed by atoms with E-state index in [4.69, 9.17) is 4.74 Å². The number of rotatable bonds is 18. The zero-order valence-electron chi connectivity index (χ0n) is 16.4. The largest absolute Gasteiger partial charge is 0.464 e. The number of unbranched alkanes of at least 4 members (excludes halogenated alkanes) is 14. The summed E-state index contributed by atoms with van der Waals surface area (Å²) in [6.45, 7) is 4.37. The quantitative estimate of drug-likeness (QED) is 0.239. The molecule has 0 aromatic carbocycles. The molecule has 24 heavy (non-hydrogen) atoms. The van der Waals surface area contributed by atoms with E-state index in [9.17, 15) is 9.90 Å². The minimum atomic E-state index is -0.924. The predicted molar refractivity (Wildman–Crippen MR) is 102 cm³/mol. The van der Waals surface area contributed by atoms with E-state index in [1.54, 1.807) is 6.92 Å². The van der Waals surface area contributed by atoms with E-state index in [1.807, 2.05) is 0 Å². The van der Waals surface area contributed by atoms with Crippen molar-refractivity contribution in [3.8, 4) is 0 Å². The zero-order valence-corrected chi connectivity index (χ0v) is 16.4. The van der Waals surface area contributed by atoms with Gasteiger partial charge in [0.25, 0.3) is 0 Å². The first-order chi connectivity index (χ1) is 11.7. The summed E-state index contributed by atoms with van der Waals surface area (Å²) in [5.74, 6) is -0.470. The smallest absolute Gasteiger partial charge is 0.334 e. The van der Waals surface area contributed by atoms with Gasteiger partial charge < -0.3 is 9.84 Å². The van der Waals surface area contributed by atoms with E-state index in [1.165, 1.54) is 83.5 Å². The summed E-state index contributed by atoms with van der Waals surface area (Å²) in [6, 6.07) is 0. The molecule has 3 heteroatoms. The minimum absolute atomic E-state index is 0.342. The highest BCUT2D eigenvalue weighted by Crippen LogP contribution is 2.14. The highest BCUT2D eigenvalue weighted by Gasteiger charge is 2.14. The Morgan fingerprint density at radius 2 is 1.08 bits per heavy atom. The van der Waals surface area contributed by atoms with Gasteiger partial charge in [-0.25, -0.2) is 4.79 Å². The summed E-state index contributed by atoms with van der Waals surface area (Å²) >= 11 is 0. The van der Waals surface area contributed by atoms with Crippen LogP contribution in [0.1, 0.15) is 117 Å². The van der Waals surface area contributed by atoms with Crippen LogP contribution in [0.25, 0.3) is 0 Å². The molecule has 1 unspecified atom stereocenters. The standard InChI is InChI=1S/C21H42O3/c1-3-5-6-7-8-9-10-11-12-13-14-15-16-17-18-19-20(22)21(23)24-4-2/h20,22H,3-19H2,1-2H3. The maximum Gasteiger partial charge on any atom is 0.334 e. The molecule has 144 valence electrons. The molecule has 0 bridgehead atoms. The van der Waals surface area contributed by atoms with Crippen molar-refractivity contribution in [2.24, 2.45) is 0 Å². The van der Waals surface area contributed by atoms with Gasteiger partial charge in [-0.15, -0.1) is 0 Å². The molecule has 0 radical (unpaired) electrons. The van der Waals surface area contributed by atoms with Crippen LogP contribution in [-0.2, 0) is 9.53 Å². The fourth-order valence-corrected chi connectivity index (χ4v) is 3.07. The lowest BCUT2D eigenvalue weighted by atomic mass is 10.0. The van der Waals surface area contributed by atoms with Crippen LogP contribution in [-0.4, -0.2) is 23.8 Å². The molecule has 0 saturated heterocycles. The fourth-order valence-electron chi connectivity index (χ4n) is 3.07. The third-order valence-corrected chi connectivity index (χ3v) is 4.64. The summed E-state index contributed by atoms with van der Waals surface area (Å²) < 4.78 is 4.79. The van der Waals surface area contributed by atoms with Crippen LogP contribution in [0.15, 0.2) is 0 Å². The van der Waals surface area contributed by atoms with Crippen LogP contribution in [0.2, 0.25) is 0 Å². The average Bonchev–Trinajstić information content (AvgIpc) is 2.58. The van der Waals surface area contributed by atoms with Crippen LogP contribution >= 0.6 is 0 Å². The Balaban J connectivity index is 3.14. The van der Waals surface area contributed by atoms with Gasteiger partial charge >= 0.3 is 5.97 Å². The van der Waals surface area contributed by atoms with Gasteiger partial charge in [-0.1, -0.05) is 103 Å². The highest BCUT2D eigenvalue weighted by atomic mass is 16.5. The van der Waals surface area contributed by atoms with Gasteiger partial charge in [-0.2, -0.15) is 0 Å². The zero-order chi connectivity index (χ0) is 17.9. The molecule has 1 atom stereocenters. The summed E-state index contributed by atoms with van der Waals surface area (Å²) in [4.78, 5) is 11.2. The van der Waals surface area contributed by atoms with E-state index in [0.29, 0.717) is 13.0 Å². The number of ether oxygens (including phenoxy) is 1. The molecule has 0 rings (SSSR count). The monoisotopic (exact) mass is 342 g/mol. The molecule has 0 heterocycles. The highest BCUT2D eigenvalue weighted by molar-refractivity contribution is 5.74. The Labute approximate surface area is 150 Å². The number of carbonyl (C=O) groups excluding carboxylic acids is 1. The number of hydrogen-bond donors (Lipinski definition) is 1. The van der Waals surface area contributed by atoms with Crippen molar-refractivity contribution in [1.82, 2.24) is 0 Å². The topological polar surface area (TPSA) is 46.5 Å². The van der Waals surface area contributed by atoms with Gasteiger partial charge in [0, 0.05) is 0 Å². The van der Waals surface area contributed by atoms with Crippen LogP contribution < -0.4 is 0 Å². The van der Waals surface area contributed by atoms with Gasteiger partial charge in [0.15, 0.2) is 6.10 Å². The number of carbonyl (C=O) groups is 1. The molecule has 0 aliphatic heterocycles. The second-order valence-electron chi connectivity index (χ2n) is 7.01. The number of hydrogen-bond acceptors (Lipinski definition) is 3. The summed E-state index contributed by atoms with van der Waals surface area (Å²) in [7, 11) is 0. The number of esters is 1. The lowest BCUT2D eigenvalue weighted by Gasteiger charge is -2.09. The van der Waals surface area contributed by atoms with E-state index in [-0.39, 0.29) is 0 Å². The first-order valence-corrected chi connectivity index (χ1v) is 10.6. The molecule has 0 aromatic rings. The van der Waals surface area contributed by atoms with E-state index < -0.39 is 12.1 Å². The minimum Gasteiger partial charge on any atom is -0.464 e. The molecule has 3 nitrogen and oxygen atoms in total. The van der Waals surface area contributed by atoms with E-state index in [2.05, 4.69) is 6.92 Å². The number of aliphatic hydroxyl groups excluding tert-OH is 1. The molecule has 1 N–H and O–H groups in total. The molecule has 0 amide bonds. The van der Waals surface area contributed by atoms with Crippen molar-refractivity contribution in [3.05, 3.63) is 0 Å². The predicted octanol–water partition coefficient (Wildman–Crippen LogP) is 6.17. The van der Waals surface area contributed by atoms with Crippen molar-refractivity contribution in [1.29, 1.82) is 0 Å². The van der Waals surface area contributed by atoms with Gasteiger partial charge in [-0.05, 0) is 13.3 Å². The van der Waals surface area contributed by atoms with Gasteiger partial charge in [0.2, 0.25) is 0 Å². The first kappa shape index (κ1) is 23.4. The maximum atomic E-state index is 11.2. The average molecular weight is 343 g/mol. The lowest BCUT2D eigenvalue weighted by molar-refractivity contribution is -0.153. The normalized spacial score (nSPS) is 12.3. The van der Waals surface area contributed by atoms with Crippen molar-refractivity contribution >= 4 is 5.97 Å². The summed E-state index contributed by atoms with van der Waals surface area (Å²) in [5.41, 5.74) is 0. The van der Waals surface area contributed by atoms with Gasteiger partial charge in [-0.3, -0.25) is 0 Å². The molecule has 0 saturated carbocycles. The maximum absolute atomic E-state index is 11.2. The van der Waals surface area contributed by atoms with E-state index in [0.717, 1.165) is 12.8 Å². The molecule has 0 spiro atoms. The molecule has 0 fully saturated rings. The third kappa shape index (κ3) is 16.3. The second-order valence-corrected chi connectivity index (χ2v) is 7.01. The molecule has 0 aliphatic carbocycles. The Morgan fingerprint density at radius 3 is 1.46 bits per heavy atom. The van der Waals surface area contributed by atoms with Crippen molar-refractivity contribution in [2.75, 3.05) is 6.61 Å². The van der Waals surface area contributed by atoms with Crippen LogP contribution in [0.3, 0.4) is 0 Å². The Kier molecular flexibility index (Phi) is 18.3. The Morgan fingerprint density at radius 1 is 0.708 bits per heavy atom. The van der Waals surface area contributed by atoms with Crippen LogP contribution in [0.4, 0.5) is 0 Å². The molecule has 0 aliphatic rings. The lowest BCUT2D eigenvalue weighted by Crippen LogP contribution is -2.22. The molecular weight excluding hydrogens is 300 g/mol. The van der Waals surface area contributed by atoms with Gasteiger partial charge in [0.1, 0.15) is 0 Å². The SMILES string of the molecule is CCCCCCCCCCCCCCCCCC(O)C(=O)OCC. The Hall–Kier alpha value is -0.570. The second kappa shape index (κ2) is 18.8. The van der Waals surface area contributed by atoms with Crippen molar-refractivity contribution in [3.63, 3.8) is 0 Å². The molecule has 0 aromatic heterocycles. The number of aliphatic hydroxyl groups is 1. The summed E-state index contributed by atoms with van der Waals surface area (Å²) in [5, 5.41) is 9.58. The van der Waals surface area contributed by atoms with Gasteiger partial charge in [0.05, 0.1) is 6.61 Å². The van der Waals surface area contributed by atoms with Crippen molar-refractivity contribution < 1.29 is 14.6 Å². The van der Waals surface area contributed by atoms with E-state index >= 15 is 0 Å². The first-order valence-electron chi connectivity index (χ1n) is 10.6. The molecular formula is C21H42O3. The fraction of sp³-hybridized carbons (Fsp3) is 0.952.